The summed E-state index contributed by atoms with van der Waals surface area (Å²) in [5.74, 6) is 0. The normalized spacial score (nSPS) is 15.4. The first-order chi connectivity index (χ1) is 5.60. The standard InChI is InChI=1S/C10H19O2/c1-4-7-8-9(11)10(12,5-2)6-3/h7-9,11-12H,1,4-6H2,2-3H3/b8-7+. The van der Waals surface area contributed by atoms with E-state index in [0.29, 0.717) is 19.3 Å². The van der Waals surface area contributed by atoms with Crippen molar-refractivity contribution in [3.8, 4) is 0 Å². The molecule has 1 radical (unpaired) electrons. The number of rotatable bonds is 5. The molecule has 0 fully saturated rings. The van der Waals surface area contributed by atoms with Gasteiger partial charge in [-0.2, -0.15) is 0 Å². The largest absolute Gasteiger partial charge is 0.387 e. The molecule has 0 aliphatic heterocycles. The summed E-state index contributed by atoms with van der Waals surface area (Å²) in [5, 5.41) is 19.3. The molecule has 0 aromatic carbocycles. The molecule has 0 spiro atoms. The van der Waals surface area contributed by atoms with Crippen LogP contribution < -0.4 is 0 Å². The van der Waals surface area contributed by atoms with E-state index in [1.54, 1.807) is 12.2 Å². The van der Waals surface area contributed by atoms with E-state index >= 15 is 0 Å². The Morgan fingerprint density at radius 1 is 1.42 bits per heavy atom. The third-order valence-electron chi connectivity index (χ3n) is 2.26. The van der Waals surface area contributed by atoms with Gasteiger partial charge < -0.3 is 10.2 Å². The first-order valence-electron chi connectivity index (χ1n) is 4.47. The van der Waals surface area contributed by atoms with Crippen molar-refractivity contribution in [1.82, 2.24) is 0 Å². The van der Waals surface area contributed by atoms with Gasteiger partial charge in [0.25, 0.3) is 0 Å². The van der Waals surface area contributed by atoms with Gasteiger partial charge in [-0.05, 0) is 26.2 Å². The van der Waals surface area contributed by atoms with Crippen LogP contribution in [0.4, 0.5) is 0 Å². The average Bonchev–Trinajstić information content (AvgIpc) is 2.12. The van der Waals surface area contributed by atoms with Crippen molar-refractivity contribution in [2.24, 2.45) is 0 Å². The molecule has 0 rings (SSSR count). The highest BCUT2D eigenvalue weighted by Crippen LogP contribution is 2.20. The first kappa shape index (κ1) is 11.7. The zero-order valence-electron chi connectivity index (χ0n) is 7.95. The molecule has 0 heterocycles. The second-order valence-electron chi connectivity index (χ2n) is 2.97. The molecule has 0 saturated carbocycles. The molecule has 0 aliphatic rings. The lowest BCUT2D eigenvalue weighted by atomic mass is 9.90. The lowest BCUT2D eigenvalue weighted by Gasteiger charge is -2.28. The Kier molecular flexibility index (Phi) is 5.18. The number of aliphatic hydroxyl groups is 2. The van der Waals surface area contributed by atoms with Crippen LogP contribution in [0.2, 0.25) is 0 Å². The van der Waals surface area contributed by atoms with Gasteiger partial charge in [0.05, 0.1) is 5.60 Å². The third kappa shape index (κ3) is 2.95. The monoisotopic (exact) mass is 171 g/mol. The fourth-order valence-corrected chi connectivity index (χ4v) is 1.07. The third-order valence-corrected chi connectivity index (χ3v) is 2.26. The fourth-order valence-electron chi connectivity index (χ4n) is 1.07. The van der Waals surface area contributed by atoms with Crippen LogP contribution >= 0.6 is 0 Å². The molecule has 1 atom stereocenters. The first-order valence-corrected chi connectivity index (χ1v) is 4.47. The highest BCUT2D eigenvalue weighted by atomic mass is 16.3. The lowest BCUT2D eigenvalue weighted by Crippen LogP contribution is -2.39. The van der Waals surface area contributed by atoms with E-state index in [9.17, 15) is 10.2 Å². The molecule has 0 aromatic heterocycles. The Bertz CT molecular complexity index is 137. The highest BCUT2D eigenvalue weighted by molar-refractivity contribution is 4.99. The lowest BCUT2D eigenvalue weighted by molar-refractivity contribution is -0.0573. The van der Waals surface area contributed by atoms with E-state index < -0.39 is 11.7 Å². The van der Waals surface area contributed by atoms with Crippen LogP contribution in [0.25, 0.3) is 0 Å². The van der Waals surface area contributed by atoms with Gasteiger partial charge in [0.15, 0.2) is 0 Å². The summed E-state index contributed by atoms with van der Waals surface area (Å²) in [7, 11) is 0. The number of hydrogen-bond donors (Lipinski definition) is 2. The zero-order valence-corrected chi connectivity index (χ0v) is 7.95. The van der Waals surface area contributed by atoms with Crippen LogP contribution in [0.15, 0.2) is 12.2 Å². The Labute approximate surface area is 74.9 Å². The second kappa shape index (κ2) is 5.33. The van der Waals surface area contributed by atoms with Crippen LogP contribution in [0.3, 0.4) is 0 Å². The van der Waals surface area contributed by atoms with Crippen LogP contribution in [0.5, 0.6) is 0 Å². The maximum atomic E-state index is 9.80. The van der Waals surface area contributed by atoms with Crippen molar-refractivity contribution in [2.45, 2.75) is 44.8 Å². The van der Waals surface area contributed by atoms with Crippen molar-refractivity contribution < 1.29 is 10.2 Å². The summed E-state index contributed by atoms with van der Waals surface area (Å²) in [6.45, 7) is 7.34. The van der Waals surface area contributed by atoms with E-state index in [0.717, 1.165) is 0 Å². The summed E-state index contributed by atoms with van der Waals surface area (Å²) in [4.78, 5) is 0. The zero-order chi connectivity index (χ0) is 9.61. The van der Waals surface area contributed by atoms with E-state index in [-0.39, 0.29) is 0 Å². The van der Waals surface area contributed by atoms with Gasteiger partial charge >= 0.3 is 0 Å². The van der Waals surface area contributed by atoms with Gasteiger partial charge in [0.2, 0.25) is 0 Å². The molecule has 0 saturated heterocycles. The minimum atomic E-state index is -0.967. The van der Waals surface area contributed by atoms with Crippen LogP contribution in [-0.4, -0.2) is 21.9 Å². The van der Waals surface area contributed by atoms with E-state index in [4.69, 9.17) is 0 Å². The second-order valence-corrected chi connectivity index (χ2v) is 2.97. The van der Waals surface area contributed by atoms with Gasteiger partial charge in [-0.1, -0.05) is 26.0 Å². The average molecular weight is 171 g/mol. The van der Waals surface area contributed by atoms with Crippen molar-refractivity contribution in [3.63, 3.8) is 0 Å². The van der Waals surface area contributed by atoms with Crippen LogP contribution in [0.1, 0.15) is 33.1 Å². The van der Waals surface area contributed by atoms with Crippen LogP contribution in [0, 0.1) is 6.92 Å². The summed E-state index contributed by atoms with van der Waals surface area (Å²) in [5.41, 5.74) is -0.967. The van der Waals surface area contributed by atoms with Crippen molar-refractivity contribution in [2.75, 3.05) is 0 Å². The predicted octanol–water partition coefficient (Wildman–Crippen LogP) is 1.68. The summed E-state index contributed by atoms with van der Waals surface area (Å²) in [6, 6.07) is 0. The predicted molar refractivity (Wildman–Crippen MR) is 50.7 cm³/mol. The maximum Gasteiger partial charge on any atom is 0.101 e. The Hall–Kier alpha value is -0.340. The SMILES string of the molecule is [CH2]C/C=C/C(O)C(O)(CC)CC. The Morgan fingerprint density at radius 2 is 1.92 bits per heavy atom. The smallest absolute Gasteiger partial charge is 0.101 e. The summed E-state index contributed by atoms with van der Waals surface area (Å²) in [6.07, 6.45) is 4.37. The quantitative estimate of drug-likeness (QED) is 0.618. The highest BCUT2D eigenvalue weighted by Gasteiger charge is 2.29. The molecule has 2 heteroatoms. The molecule has 2 N–H and O–H groups in total. The Morgan fingerprint density at radius 3 is 2.25 bits per heavy atom. The minimum Gasteiger partial charge on any atom is -0.387 e. The van der Waals surface area contributed by atoms with Crippen molar-refractivity contribution in [3.05, 3.63) is 19.1 Å². The Balaban J connectivity index is 4.20. The van der Waals surface area contributed by atoms with E-state index in [1.165, 1.54) is 0 Å². The molecule has 1 unspecified atom stereocenters. The van der Waals surface area contributed by atoms with Gasteiger partial charge in [-0.15, -0.1) is 0 Å². The molecular weight excluding hydrogens is 152 g/mol. The van der Waals surface area contributed by atoms with Gasteiger partial charge in [-0.3, -0.25) is 0 Å². The molecule has 0 aromatic rings. The van der Waals surface area contributed by atoms with Gasteiger partial charge in [-0.25, -0.2) is 0 Å². The fraction of sp³-hybridized carbons (Fsp3) is 0.700. The van der Waals surface area contributed by atoms with Crippen molar-refractivity contribution >= 4 is 0 Å². The van der Waals surface area contributed by atoms with E-state index in [1.807, 2.05) is 13.8 Å². The van der Waals surface area contributed by atoms with Crippen LogP contribution in [-0.2, 0) is 0 Å². The summed E-state index contributed by atoms with van der Waals surface area (Å²) >= 11 is 0. The molecule has 0 aliphatic carbocycles. The van der Waals surface area contributed by atoms with E-state index in [2.05, 4.69) is 6.92 Å². The maximum absolute atomic E-state index is 9.80. The van der Waals surface area contributed by atoms with Crippen molar-refractivity contribution in [1.29, 1.82) is 0 Å². The molecule has 0 amide bonds. The molecular formula is C10H19O2. The molecule has 2 nitrogen and oxygen atoms in total. The molecule has 12 heavy (non-hydrogen) atoms. The molecule has 71 valence electrons. The summed E-state index contributed by atoms with van der Waals surface area (Å²) < 4.78 is 0. The minimum absolute atomic E-state index is 0.562. The number of hydrogen-bond acceptors (Lipinski definition) is 2. The number of aliphatic hydroxyl groups excluding tert-OH is 1. The van der Waals surface area contributed by atoms with Gasteiger partial charge in [0, 0.05) is 0 Å². The molecule has 0 bridgehead atoms. The number of allylic oxidation sites excluding steroid dienone is 1. The van der Waals surface area contributed by atoms with Gasteiger partial charge in [0.1, 0.15) is 6.10 Å². The topological polar surface area (TPSA) is 40.5 Å².